The van der Waals surface area contributed by atoms with Gasteiger partial charge in [-0.05, 0) is 6.07 Å². The van der Waals surface area contributed by atoms with Crippen molar-refractivity contribution in [3.05, 3.63) is 29.8 Å². The molecule has 0 aliphatic carbocycles. The fourth-order valence-corrected chi connectivity index (χ4v) is 3.68. The molecule has 3 rings (SSSR count). The van der Waals surface area contributed by atoms with Crippen molar-refractivity contribution in [2.75, 3.05) is 37.7 Å². The van der Waals surface area contributed by atoms with E-state index in [9.17, 15) is 4.79 Å². The molecule has 1 fully saturated rings. The summed E-state index contributed by atoms with van der Waals surface area (Å²) in [5.74, 6) is 3.31. The topological polar surface area (TPSA) is 79.9 Å². The van der Waals surface area contributed by atoms with Crippen LogP contribution in [0.5, 0.6) is 5.75 Å². The second-order valence-corrected chi connectivity index (χ2v) is 6.79. The van der Waals surface area contributed by atoms with Crippen molar-refractivity contribution in [3.8, 4) is 5.75 Å². The zero-order chi connectivity index (χ0) is 16.1. The number of carbonyl (C=O) groups is 1. The molecular weight excluding hydrogens is 312 g/mol. The van der Waals surface area contributed by atoms with Crippen molar-refractivity contribution < 1.29 is 9.53 Å². The van der Waals surface area contributed by atoms with E-state index in [1.807, 2.05) is 40.9 Å². The Morgan fingerprint density at radius 2 is 2.17 bits per heavy atom. The van der Waals surface area contributed by atoms with Gasteiger partial charge >= 0.3 is 0 Å². The first-order valence-corrected chi connectivity index (χ1v) is 9.03. The Morgan fingerprint density at radius 1 is 1.39 bits per heavy atom. The minimum Gasteiger partial charge on any atom is -0.493 e. The molecule has 23 heavy (non-hydrogen) atoms. The summed E-state index contributed by atoms with van der Waals surface area (Å²) >= 11 is 1.91. The molecule has 1 amide bonds. The van der Waals surface area contributed by atoms with Crippen LogP contribution in [0.2, 0.25) is 0 Å². The van der Waals surface area contributed by atoms with Crippen LogP contribution >= 0.6 is 11.8 Å². The third-order valence-electron chi connectivity index (χ3n) is 4.01. The Bertz CT molecular complexity index is 587. The van der Waals surface area contributed by atoms with E-state index in [4.69, 9.17) is 10.5 Å². The van der Waals surface area contributed by atoms with Crippen LogP contribution in [0.3, 0.4) is 0 Å². The first kappa shape index (κ1) is 16.0. The SMILES string of the molecule is NC(=NCC(=O)NC1CCOc2ccccc21)N1CCSCC1. The third-order valence-corrected chi connectivity index (χ3v) is 4.96. The highest BCUT2D eigenvalue weighted by atomic mass is 32.2. The fraction of sp³-hybridized carbons (Fsp3) is 0.500. The average Bonchev–Trinajstić information content (AvgIpc) is 2.61. The van der Waals surface area contributed by atoms with E-state index in [2.05, 4.69) is 10.3 Å². The van der Waals surface area contributed by atoms with Gasteiger partial charge in [-0.2, -0.15) is 11.8 Å². The van der Waals surface area contributed by atoms with Gasteiger partial charge in [-0.3, -0.25) is 4.79 Å². The van der Waals surface area contributed by atoms with Gasteiger partial charge in [0.15, 0.2) is 5.96 Å². The molecule has 1 unspecified atom stereocenters. The summed E-state index contributed by atoms with van der Waals surface area (Å²) < 4.78 is 5.61. The lowest BCUT2D eigenvalue weighted by Crippen LogP contribution is -2.43. The van der Waals surface area contributed by atoms with Gasteiger partial charge in [0.05, 0.1) is 12.6 Å². The van der Waals surface area contributed by atoms with Crippen molar-refractivity contribution in [1.82, 2.24) is 10.2 Å². The first-order chi connectivity index (χ1) is 11.2. The van der Waals surface area contributed by atoms with E-state index in [1.54, 1.807) is 0 Å². The summed E-state index contributed by atoms with van der Waals surface area (Å²) in [5, 5.41) is 3.03. The normalized spacial score (nSPS) is 21.3. The molecule has 2 aliphatic heterocycles. The number of nitrogens with two attached hydrogens (primary N) is 1. The van der Waals surface area contributed by atoms with Crippen molar-refractivity contribution in [3.63, 3.8) is 0 Å². The van der Waals surface area contributed by atoms with Crippen molar-refractivity contribution in [1.29, 1.82) is 0 Å². The van der Waals surface area contributed by atoms with Gasteiger partial charge in [-0.1, -0.05) is 18.2 Å². The molecule has 0 saturated carbocycles. The summed E-state index contributed by atoms with van der Waals surface area (Å²) in [7, 11) is 0. The molecule has 0 bridgehead atoms. The number of thioether (sulfide) groups is 1. The van der Waals surface area contributed by atoms with Crippen molar-refractivity contribution in [2.45, 2.75) is 12.5 Å². The van der Waals surface area contributed by atoms with E-state index in [0.717, 1.165) is 42.3 Å². The Balaban J connectivity index is 1.55. The van der Waals surface area contributed by atoms with Crippen LogP contribution in [0, 0.1) is 0 Å². The average molecular weight is 334 g/mol. The van der Waals surface area contributed by atoms with Gasteiger partial charge in [0.1, 0.15) is 12.3 Å². The predicted molar refractivity (Wildman–Crippen MR) is 92.8 cm³/mol. The minimum atomic E-state index is -0.110. The molecule has 1 saturated heterocycles. The molecule has 1 aromatic rings. The van der Waals surface area contributed by atoms with Gasteiger partial charge in [-0.25, -0.2) is 4.99 Å². The number of hydrogen-bond acceptors (Lipinski definition) is 4. The lowest BCUT2D eigenvalue weighted by molar-refractivity contribution is -0.120. The molecule has 1 aromatic carbocycles. The number of fused-ring (bicyclic) bond motifs is 1. The Morgan fingerprint density at radius 3 is 3.00 bits per heavy atom. The molecule has 2 aliphatic rings. The highest BCUT2D eigenvalue weighted by Gasteiger charge is 2.22. The Hall–Kier alpha value is -1.89. The molecule has 0 radical (unpaired) electrons. The number of rotatable bonds is 3. The summed E-state index contributed by atoms with van der Waals surface area (Å²) in [6.45, 7) is 2.47. The number of guanidine groups is 1. The van der Waals surface area contributed by atoms with E-state index < -0.39 is 0 Å². The van der Waals surface area contributed by atoms with Gasteiger partial charge in [-0.15, -0.1) is 0 Å². The van der Waals surface area contributed by atoms with Crippen LogP contribution < -0.4 is 15.8 Å². The van der Waals surface area contributed by atoms with Crippen molar-refractivity contribution in [2.24, 2.45) is 10.7 Å². The second kappa shape index (κ2) is 7.59. The number of para-hydroxylation sites is 1. The zero-order valence-corrected chi connectivity index (χ0v) is 13.8. The van der Waals surface area contributed by atoms with Gasteiger partial charge in [0, 0.05) is 36.6 Å². The van der Waals surface area contributed by atoms with Crippen molar-refractivity contribution >= 4 is 23.6 Å². The second-order valence-electron chi connectivity index (χ2n) is 5.57. The minimum absolute atomic E-state index is 0.0183. The van der Waals surface area contributed by atoms with E-state index >= 15 is 0 Å². The quantitative estimate of drug-likeness (QED) is 0.636. The lowest BCUT2D eigenvalue weighted by atomic mass is 10.0. The fourth-order valence-electron chi connectivity index (χ4n) is 2.78. The number of aliphatic imine (C=N–C) groups is 1. The van der Waals surface area contributed by atoms with Crippen LogP contribution in [0.25, 0.3) is 0 Å². The molecule has 0 spiro atoms. The summed E-state index contributed by atoms with van der Waals surface area (Å²) in [5.41, 5.74) is 7.00. The monoisotopic (exact) mass is 334 g/mol. The van der Waals surface area contributed by atoms with Crippen LogP contribution in [0.15, 0.2) is 29.3 Å². The number of hydrogen-bond donors (Lipinski definition) is 2. The molecule has 2 heterocycles. The highest BCUT2D eigenvalue weighted by molar-refractivity contribution is 7.99. The summed E-state index contributed by atoms with van der Waals surface area (Å²) in [6.07, 6.45) is 0.769. The Kier molecular flexibility index (Phi) is 5.27. The largest absolute Gasteiger partial charge is 0.493 e. The van der Waals surface area contributed by atoms with Crippen LogP contribution in [-0.2, 0) is 4.79 Å². The highest BCUT2D eigenvalue weighted by Crippen LogP contribution is 2.31. The van der Waals surface area contributed by atoms with Gasteiger partial charge < -0.3 is 20.7 Å². The van der Waals surface area contributed by atoms with Crippen LogP contribution in [0.1, 0.15) is 18.0 Å². The van der Waals surface area contributed by atoms with Gasteiger partial charge in [0.25, 0.3) is 0 Å². The van der Waals surface area contributed by atoms with Crippen LogP contribution in [-0.4, -0.2) is 54.5 Å². The third kappa shape index (κ3) is 4.10. The standard InChI is InChI=1S/C16H22N4O2S/c17-16(20-6-9-23-10-7-20)18-11-15(21)19-13-5-8-22-14-4-2-1-3-12(13)14/h1-4,13H,5-11H2,(H2,17,18)(H,19,21). The summed E-state index contributed by atoms with van der Waals surface area (Å²) in [6, 6.07) is 7.79. The molecule has 7 heteroatoms. The van der Waals surface area contributed by atoms with E-state index in [0.29, 0.717) is 12.6 Å². The number of carbonyl (C=O) groups excluding carboxylic acids is 1. The maximum Gasteiger partial charge on any atom is 0.242 e. The molecular formula is C16H22N4O2S. The lowest BCUT2D eigenvalue weighted by Gasteiger charge is -2.27. The Labute approximate surface area is 140 Å². The molecule has 1 atom stereocenters. The maximum atomic E-state index is 12.2. The number of nitrogens with zero attached hydrogens (tertiary/aromatic N) is 2. The van der Waals surface area contributed by atoms with Crippen LogP contribution in [0.4, 0.5) is 0 Å². The smallest absolute Gasteiger partial charge is 0.242 e. The molecule has 6 nitrogen and oxygen atoms in total. The van der Waals surface area contributed by atoms with E-state index in [-0.39, 0.29) is 18.5 Å². The molecule has 124 valence electrons. The zero-order valence-electron chi connectivity index (χ0n) is 13.0. The molecule has 3 N–H and O–H groups in total. The predicted octanol–water partition coefficient (Wildman–Crippen LogP) is 0.990. The summed E-state index contributed by atoms with van der Waals surface area (Å²) in [4.78, 5) is 18.4. The number of benzene rings is 1. The van der Waals surface area contributed by atoms with E-state index in [1.165, 1.54) is 0 Å². The van der Waals surface area contributed by atoms with Gasteiger partial charge in [0.2, 0.25) is 5.91 Å². The number of nitrogens with one attached hydrogen (secondary N) is 1. The first-order valence-electron chi connectivity index (χ1n) is 7.88. The maximum absolute atomic E-state index is 12.2. The molecule has 0 aromatic heterocycles. The number of ether oxygens (including phenoxy) is 1. The number of amides is 1.